The molecule has 0 saturated heterocycles. The molecule has 0 amide bonds. The first-order chi connectivity index (χ1) is 10.2. The first-order valence-electron chi connectivity index (χ1n) is 8.25. The van der Waals surface area contributed by atoms with Gasteiger partial charge in [-0.25, -0.2) is 0 Å². The molecular formula is C17H29N3Si. The summed E-state index contributed by atoms with van der Waals surface area (Å²) in [5, 5.41) is 0. The second kappa shape index (κ2) is 7.25. The van der Waals surface area contributed by atoms with Gasteiger partial charge in [0.25, 0.3) is 0 Å². The van der Waals surface area contributed by atoms with Crippen LogP contribution in [0.3, 0.4) is 0 Å². The van der Waals surface area contributed by atoms with Gasteiger partial charge in [-0.05, 0) is 37.8 Å². The van der Waals surface area contributed by atoms with Crippen molar-refractivity contribution in [1.82, 2.24) is 9.13 Å². The molecule has 0 aromatic heterocycles. The van der Waals surface area contributed by atoms with Gasteiger partial charge >= 0.3 is 8.56 Å². The fourth-order valence-corrected chi connectivity index (χ4v) is 8.02. The van der Waals surface area contributed by atoms with E-state index in [1.807, 2.05) is 0 Å². The van der Waals surface area contributed by atoms with Crippen LogP contribution < -0.4 is 4.98 Å². The molecule has 1 N–H and O–H groups in total. The molecule has 0 radical (unpaired) electrons. The summed E-state index contributed by atoms with van der Waals surface area (Å²) in [6.45, 7) is 13.5. The Morgan fingerprint density at radius 2 is 1.52 bits per heavy atom. The quantitative estimate of drug-likeness (QED) is 0.808. The third-order valence-corrected chi connectivity index (χ3v) is 9.40. The van der Waals surface area contributed by atoms with E-state index in [1.54, 1.807) is 0 Å². The van der Waals surface area contributed by atoms with Crippen molar-refractivity contribution >= 4 is 20.3 Å². The Morgan fingerprint density at radius 1 is 0.952 bits per heavy atom. The zero-order valence-electron chi connectivity index (χ0n) is 13.9. The Hall–Kier alpha value is -1.10. The normalized spacial score (nSPS) is 16.7. The van der Waals surface area contributed by atoms with E-state index >= 15 is 0 Å². The van der Waals surface area contributed by atoms with Crippen molar-refractivity contribution in [3.8, 4) is 0 Å². The van der Waals surface area contributed by atoms with E-state index in [0.29, 0.717) is 0 Å². The van der Waals surface area contributed by atoms with Gasteiger partial charge in [-0.15, -0.1) is 0 Å². The minimum absolute atomic E-state index is 1.10. The molecule has 0 fully saturated rings. The van der Waals surface area contributed by atoms with Gasteiger partial charge in [0.1, 0.15) is 0 Å². The highest BCUT2D eigenvalue weighted by Gasteiger charge is 2.44. The predicted molar refractivity (Wildman–Crippen MR) is 95.5 cm³/mol. The second-order valence-electron chi connectivity index (χ2n) is 5.48. The summed E-state index contributed by atoms with van der Waals surface area (Å²) in [7, 11) is -1.91. The van der Waals surface area contributed by atoms with Gasteiger partial charge in [0, 0.05) is 11.7 Å². The summed E-state index contributed by atoms with van der Waals surface area (Å²) in [6.07, 6.45) is 4.66. The summed E-state index contributed by atoms with van der Waals surface area (Å²) in [5.41, 5.74) is 2.60. The Morgan fingerprint density at radius 3 is 2.10 bits per heavy atom. The average Bonchev–Trinajstić information content (AvgIpc) is 2.70. The van der Waals surface area contributed by atoms with E-state index in [4.69, 9.17) is 0 Å². The third-order valence-electron chi connectivity index (χ3n) is 4.57. The number of anilines is 1. The van der Waals surface area contributed by atoms with Crippen LogP contribution in [-0.2, 0) is 0 Å². The molecule has 0 unspecified atom stereocenters. The molecule has 1 aromatic rings. The first-order valence-corrected chi connectivity index (χ1v) is 10.4. The monoisotopic (exact) mass is 303 g/mol. The lowest BCUT2D eigenvalue weighted by atomic mass is 10.2. The third kappa shape index (κ3) is 3.07. The zero-order valence-corrected chi connectivity index (χ0v) is 14.9. The van der Waals surface area contributed by atoms with Crippen LogP contribution in [-0.4, -0.2) is 43.9 Å². The molecule has 2 rings (SSSR count). The van der Waals surface area contributed by atoms with E-state index in [9.17, 15) is 0 Å². The zero-order chi connectivity index (χ0) is 15.3. The van der Waals surface area contributed by atoms with E-state index in [-0.39, 0.29) is 0 Å². The van der Waals surface area contributed by atoms with Crippen molar-refractivity contribution < 1.29 is 0 Å². The van der Waals surface area contributed by atoms with Crippen molar-refractivity contribution in [3.05, 3.63) is 35.9 Å². The minimum atomic E-state index is -1.91. The summed E-state index contributed by atoms with van der Waals surface area (Å²) in [5.74, 6) is 0. The van der Waals surface area contributed by atoms with Crippen molar-refractivity contribution in [3.63, 3.8) is 0 Å². The lowest BCUT2D eigenvalue weighted by molar-refractivity contribution is 0.357. The largest absolute Gasteiger partial charge is 0.386 e. The molecule has 1 aromatic carbocycles. The van der Waals surface area contributed by atoms with Crippen molar-refractivity contribution in [2.24, 2.45) is 0 Å². The predicted octanol–water partition coefficient (Wildman–Crippen LogP) is 3.75. The Labute approximate surface area is 130 Å². The van der Waals surface area contributed by atoms with E-state index < -0.39 is 8.56 Å². The van der Waals surface area contributed by atoms with Crippen molar-refractivity contribution in [2.75, 3.05) is 31.2 Å². The van der Waals surface area contributed by atoms with Crippen LogP contribution in [0.5, 0.6) is 0 Å². The number of nitrogens with one attached hydrogen (secondary N) is 1. The number of para-hydroxylation sites is 1. The molecule has 1 aliphatic heterocycles. The molecule has 0 aliphatic carbocycles. The Bertz CT molecular complexity index is 467. The number of benzene rings is 1. The topological polar surface area (TPSA) is 18.5 Å². The van der Waals surface area contributed by atoms with Gasteiger partial charge in [-0.2, -0.15) is 0 Å². The van der Waals surface area contributed by atoms with E-state index in [2.05, 4.69) is 78.2 Å². The van der Waals surface area contributed by atoms with Crippen molar-refractivity contribution in [2.45, 2.75) is 33.7 Å². The molecule has 0 atom stereocenters. The maximum absolute atomic E-state index is 4.01. The highest BCUT2D eigenvalue weighted by atomic mass is 28.4. The lowest BCUT2D eigenvalue weighted by Crippen LogP contribution is -2.70. The summed E-state index contributed by atoms with van der Waals surface area (Å²) in [6, 6.07) is 9.81. The van der Waals surface area contributed by atoms with Crippen LogP contribution >= 0.6 is 0 Å². The van der Waals surface area contributed by atoms with Gasteiger partial charge in [-0.1, -0.05) is 58.0 Å². The van der Waals surface area contributed by atoms with Crippen LogP contribution in [0.2, 0.25) is 6.04 Å². The number of fused-ring (bicyclic) bond motifs is 1. The molecule has 3 nitrogen and oxygen atoms in total. The highest BCUT2D eigenvalue weighted by Crippen LogP contribution is 2.30. The molecule has 0 saturated carbocycles. The summed E-state index contributed by atoms with van der Waals surface area (Å²) in [4.78, 5) is 4.01. The van der Waals surface area contributed by atoms with Gasteiger partial charge in [0.05, 0.1) is 0 Å². The standard InChI is InChI=1S/C17H29N3Si/c1-5-19(6-2)21(20(7-3)8-4)15-11-13-16-12-9-10-14-17(16)18-21/h9-14,18H,5-8,15H2,1-4H3. The lowest BCUT2D eigenvalue weighted by Gasteiger charge is -2.47. The number of nitrogens with zero attached hydrogens (tertiary/aromatic N) is 2. The minimum Gasteiger partial charge on any atom is -0.386 e. The Kier molecular flexibility index (Phi) is 5.62. The number of hydrogen-bond acceptors (Lipinski definition) is 3. The van der Waals surface area contributed by atoms with Crippen LogP contribution in [0.1, 0.15) is 33.3 Å². The molecule has 1 heterocycles. The molecule has 21 heavy (non-hydrogen) atoms. The summed E-state index contributed by atoms with van der Waals surface area (Å²) < 4.78 is 5.35. The van der Waals surface area contributed by atoms with Gasteiger partial charge in [-0.3, -0.25) is 9.13 Å². The number of allylic oxidation sites excluding steroid dienone is 1. The smallest absolute Gasteiger partial charge is 0.320 e. The van der Waals surface area contributed by atoms with Crippen molar-refractivity contribution in [1.29, 1.82) is 0 Å². The van der Waals surface area contributed by atoms with E-state index in [0.717, 1.165) is 32.2 Å². The maximum Gasteiger partial charge on any atom is 0.320 e. The van der Waals surface area contributed by atoms with Crippen LogP contribution in [0.25, 0.3) is 6.08 Å². The SMILES string of the molecule is CCN(CC)[Si]1(N(CC)CC)CC=Cc2ccccc2N1. The average molecular weight is 304 g/mol. The summed E-state index contributed by atoms with van der Waals surface area (Å²) >= 11 is 0. The molecule has 0 spiro atoms. The van der Waals surface area contributed by atoms with Gasteiger partial charge < -0.3 is 4.98 Å². The van der Waals surface area contributed by atoms with Gasteiger partial charge in [0.15, 0.2) is 0 Å². The van der Waals surface area contributed by atoms with Gasteiger partial charge in [0.2, 0.25) is 0 Å². The molecule has 4 heteroatoms. The molecule has 1 aliphatic rings. The first kappa shape index (κ1) is 16.3. The van der Waals surface area contributed by atoms with Crippen LogP contribution in [0, 0.1) is 0 Å². The maximum atomic E-state index is 4.01. The highest BCUT2D eigenvalue weighted by molar-refractivity contribution is 6.78. The Balaban J connectivity index is 2.48. The molecule has 116 valence electrons. The second-order valence-corrected chi connectivity index (χ2v) is 9.04. The molecular weight excluding hydrogens is 274 g/mol. The van der Waals surface area contributed by atoms with Crippen LogP contribution in [0.15, 0.2) is 30.3 Å². The number of hydrogen-bond donors (Lipinski definition) is 1. The van der Waals surface area contributed by atoms with E-state index in [1.165, 1.54) is 11.3 Å². The fraction of sp³-hybridized carbons (Fsp3) is 0.529. The number of rotatable bonds is 6. The molecule has 0 bridgehead atoms. The van der Waals surface area contributed by atoms with Crippen LogP contribution in [0.4, 0.5) is 5.69 Å². The fourth-order valence-electron chi connectivity index (χ4n) is 3.48.